The van der Waals surface area contributed by atoms with Crippen molar-refractivity contribution in [2.45, 2.75) is 13.1 Å². The first-order chi connectivity index (χ1) is 11.4. The minimum atomic E-state index is -4.43. The van der Waals surface area contributed by atoms with E-state index in [1.54, 1.807) is 4.90 Å². The Morgan fingerprint density at radius 3 is 2.12 bits per heavy atom. The fourth-order valence-corrected chi connectivity index (χ4v) is 2.87. The van der Waals surface area contributed by atoms with E-state index in [0.717, 1.165) is 17.8 Å². The molecule has 2 aromatic carbocycles. The summed E-state index contributed by atoms with van der Waals surface area (Å²) in [5.41, 5.74) is 0.255. The zero-order valence-corrected chi connectivity index (χ0v) is 13.1. The third kappa shape index (κ3) is 3.22. The minimum Gasteiger partial charge on any atom is -0.294 e. The zero-order chi connectivity index (χ0) is 17.3. The number of nitrogens with zero attached hydrogens (tertiary/aromatic N) is 2. The van der Waals surface area contributed by atoms with Gasteiger partial charge in [-0.15, -0.1) is 0 Å². The number of para-hydroxylation sites is 1. The van der Waals surface area contributed by atoms with Crippen LogP contribution >= 0.6 is 0 Å². The summed E-state index contributed by atoms with van der Waals surface area (Å²) >= 11 is 0. The number of anilines is 2. The largest absolute Gasteiger partial charge is 0.416 e. The van der Waals surface area contributed by atoms with Crippen LogP contribution in [-0.2, 0) is 6.18 Å². The summed E-state index contributed by atoms with van der Waals surface area (Å²) in [6.45, 7) is 2.91. The lowest BCUT2D eigenvalue weighted by atomic mass is 10.1. The lowest BCUT2D eigenvalue weighted by molar-refractivity contribution is -0.137. The second kappa shape index (κ2) is 6.19. The fraction of sp³-hybridized carbons (Fsp3) is 0.278. The number of alkyl halides is 3. The Hall–Kier alpha value is -2.50. The van der Waals surface area contributed by atoms with E-state index in [2.05, 4.69) is 0 Å². The van der Waals surface area contributed by atoms with Crippen molar-refractivity contribution in [2.24, 2.45) is 5.92 Å². The van der Waals surface area contributed by atoms with Crippen molar-refractivity contribution in [3.8, 4) is 0 Å². The normalized spacial score (nSPS) is 18.8. The van der Waals surface area contributed by atoms with Crippen molar-refractivity contribution in [3.05, 3.63) is 60.2 Å². The van der Waals surface area contributed by atoms with E-state index in [1.807, 2.05) is 37.3 Å². The van der Waals surface area contributed by atoms with Gasteiger partial charge >= 0.3 is 12.2 Å². The second-order valence-electron chi connectivity index (χ2n) is 5.99. The molecule has 24 heavy (non-hydrogen) atoms. The quantitative estimate of drug-likeness (QED) is 0.775. The smallest absolute Gasteiger partial charge is 0.294 e. The lowest BCUT2D eigenvalue weighted by Gasteiger charge is -2.39. The van der Waals surface area contributed by atoms with Crippen molar-refractivity contribution in [3.63, 3.8) is 0 Å². The molecule has 0 N–H and O–H groups in total. The molecule has 1 fully saturated rings. The van der Waals surface area contributed by atoms with E-state index < -0.39 is 11.7 Å². The van der Waals surface area contributed by atoms with Gasteiger partial charge in [-0.25, -0.2) is 4.79 Å². The van der Waals surface area contributed by atoms with Gasteiger partial charge in [0.1, 0.15) is 0 Å². The van der Waals surface area contributed by atoms with Gasteiger partial charge in [-0.1, -0.05) is 31.2 Å². The van der Waals surface area contributed by atoms with Gasteiger partial charge in [0, 0.05) is 24.5 Å². The van der Waals surface area contributed by atoms with Crippen LogP contribution in [0.4, 0.5) is 29.3 Å². The maximum Gasteiger partial charge on any atom is 0.416 e. The van der Waals surface area contributed by atoms with Crippen LogP contribution in [0, 0.1) is 5.92 Å². The Kier molecular flexibility index (Phi) is 4.22. The van der Waals surface area contributed by atoms with E-state index in [0.29, 0.717) is 13.1 Å². The predicted octanol–water partition coefficient (Wildman–Crippen LogP) is 4.79. The Balaban J connectivity index is 1.94. The molecule has 1 aliphatic rings. The number of urea groups is 1. The number of halogens is 3. The topological polar surface area (TPSA) is 23.6 Å². The molecule has 2 amide bonds. The van der Waals surface area contributed by atoms with E-state index >= 15 is 0 Å². The number of carbonyl (C=O) groups is 1. The fourth-order valence-electron chi connectivity index (χ4n) is 2.87. The van der Waals surface area contributed by atoms with Crippen LogP contribution in [0.3, 0.4) is 0 Å². The van der Waals surface area contributed by atoms with Gasteiger partial charge < -0.3 is 0 Å². The number of amides is 2. The van der Waals surface area contributed by atoms with Crippen molar-refractivity contribution in [1.29, 1.82) is 0 Å². The maximum absolute atomic E-state index is 12.9. The molecule has 0 aromatic heterocycles. The number of rotatable bonds is 2. The zero-order valence-electron chi connectivity index (χ0n) is 13.1. The third-order valence-corrected chi connectivity index (χ3v) is 4.00. The molecule has 1 unspecified atom stereocenters. The van der Waals surface area contributed by atoms with Crippen molar-refractivity contribution in [2.75, 3.05) is 22.9 Å². The summed E-state index contributed by atoms with van der Waals surface area (Å²) in [6, 6.07) is 13.7. The summed E-state index contributed by atoms with van der Waals surface area (Å²) in [5.74, 6) is 0.137. The first-order valence-corrected chi connectivity index (χ1v) is 7.67. The molecule has 3 rings (SSSR count). The highest BCUT2D eigenvalue weighted by Gasteiger charge is 2.34. The summed E-state index contributed by atoms with van der Waals surface area (Å²) in [6.07, 6.45) is -4.43. The first kappa shape index (κ1) is 16.4. The van der Waals surface area contributed by atoms with Crippen LogP contribution in [0.2, 0.25) is 0 Å². The Morgan fingerprint density at radius 1 is 0.917 bits per heavy atom. The molecule has 0 spiro atoms. The molecular formula is C18H17F3N2O. The highest BCUT2D eigenvalue weighted by atomic mass is 19.4. The SMILES string of the molecule is CC1CN(c2ccccc2)C(=O)N(c2cccc(C(F)(F)F)c2)C1. The molecule has 1 saturated heterocycles. The summed E-state index contributed by atoms with van der Waals surface area (Å²) in [5, 5.41) is 0. The molecule has 6 heteroatoms. The van der Waals surface area contributed by atoms with Gasteiger partial charge in [-0.2, -0.15) is 13.2 Å². The van der Waals surface area contributed by atoms with Crippen molar-refractivity contribution in [1.82, 2.24) is 0 Å². The van der Waals surface area contributed by atoms with Crippen LogP contribution in [0.15, 0.2) is 54.6 Å². The van der Waals surface area contributed by atoms with Gasteiger partial charge in [-0.3, -0.25) is 9.80 Å². The highest BCUT2D eigenvalue weighted by Crippen LogP contribution is 2.33. The van der Waals surface area contributed by atoms with E-state index in [1.165, 1.54) is 17.0 Å². The molecule has 0 aliphatic carbocycles. The average Bonchev–Trinajstić information content (AvgIpc) is 2.57. The van der Waals surface area contributed by atoms with Crippen LogP contribution < -0.4 is 9.80 Å². The molecule has 0 bridgehead atoms. The molecule has 0 radical (unpaired) electrons. The maximum atomic E-state index is 12.9. The molecule has 1 atom stereocenters. The van der Waals surface area contributed by atoms with Gasteiger partial charge in [0.15, 0.2) is 0 Å². The van der Waals surface area contributed by atoms with Crippen molar-refractivity contribution < 1.29 is 18.0 Å². The predicted molar refractivity (Wildman–Crippen MR) is 87.1 cm³/mol. The second-order valence-corrected chi connectivity index (χ2v) is 5.99. The van der Waals surface area contributed by atoms with Gasteiger partial charge in [0.05, 0.1) is 5.56 Å². The van der Waals surface area contributed by atoms with Crippen LogP contribution in [0.1, 0.15) is 12.5 Å². The number of benzene rings is 2. The summed E-state index contributed by atoms with van der Waals surface area (Å²) in [4.78, 5) is 15.8. The standard InChI is InChI=1S/C18H17F3N2O/c1-13-11-22(15-7-3-2-4-8-15)17(24)23(12-13)16-9-5-6-14(10-16)18(19,20)21/h2-10,13H,11-12H2,1H3. The van der Waals surface area contributed by atoms with Gasteiger partial charge in [-0.05, 0) is 36.2 Å². The number of hydrogen-bond donors (Lipinski definition) is 0. The Bertz CT molecular complexity index is 731. The van der Waals surface area contributed by atoms with Gasteiger partial charge in [0.2, 0.25) is 0 Å². The van der Waals surface area contributed by atoms with Crippen LogP contribution in [-0.4, -0.2) is 19.1 Å². The van der Waals surface area contributed by atoms with Crippen LogP contribution in [0.25, 0.3) is 0 Å². The monoisotopic (exact) mass is 334 g/mol. The minimum absolute atomic E-state index is 0.137. The molecule has 2 aromatic rings. The molecular weight excluding hydrogens is 317 g/mol. The number of carbonyl (C=O) groups excluding carboxylic acids is 1. The first-order valence-electron chi connectivity index (χ1n) is 7.67. The lowest BCUT2D eigenvalue weighted by Crippen LogP contribution is -2.53. The molecule has 0 saturated carbocycles. The molecule has 3 nitrogen and oxygen atoms in total. The third-order valence-electron chi connectivity index (χ3n) is 4.00. The van der Waals surface area contributed by atoms with E-state index in [9.17, 15) is 18.0 Å². The Labute approximate surface area is 138 Å². The van der Waals surface area contributed by atoms with Crippen molar-refractivity contribution >= 4 is 17.4 Å². The number of hydrogen-bond acceptors (Lipinski definition) is 1. The van der Waals surface area contributed by atoms with E-state index in [4.69, 9.17) is 0 Å². The van der Waals surface area contributed by atoms with Gasteiger partial charge in [0.25, 0.3) is 0 Å². The molecule has 126 valence electrons. The summed E-state index contributed by atoms with van der Waals surface area (Å²) in [7, 11) is 0. The molecule has 1 aliphatic heterocycles. The Morgan fingerprint density at radius 2 is 1.50 bits per heavy atom. The van der Waals surface area contributed by atoms with E-state index in [-0.39, 0.29) is 17.6 Å². The highest BCUT2D eigenvalue weighted by molar-refractivity contribution is 6.04. The molecule has 1 heterocycles. The average molecular weight is 334 g/mol. The summed E-state index contributed by atoms with van der Waals surface area (Å²) < 4.78 is 38.8. The van der Waals surface area contributed by atoms with Crippen LogP contribution in [0.5, 0.6) is 0 Å².